The minimum Gasteiger partial charge on any atom is -0.330 e. The van der Waals surface area contributed by atoms with Gasteiger partial charge in [0.1, 0.15) is 5.69 Å². The van der Waals surface area contributed by atoms with Crippen LogP contribution < -0.4 is 4.72 Å². The fourth-order valence-electron chi connectivity index (χ4n) is 1.56. The zero-order chi connectivity index (χ0) is 18.0. The molecule has 0 saturated carbocycles. The summed E-state index contributed by atoms with van der Waals surface area (Å²) in [5, 5.41) is 2.48. The fraction of sp³-hybridized carbons (Fsp3) is 0.455. The molecule has 0 amide bonds. The van der Waals surface area contributed by atoms with E-state index in [1.165, 1.54) is 0 Å². The minimum atomic E-state index is -4.85. The van der Waals surface area contributed by atoms with Gasteiger partial charge in [0.15, 0.2) is 28.2 Å². The van der Waals surface area contributed by atoms with Crippen LogP contribution in [0.3, 0.4) is 0 Å². The Kier molecular flexibility index (Phi) is 5.59. The first kappa shape index (κ1) is 19.2. The quantitative estimate of drug-likeness (QED) is 0.211. The van der Waals surface area contributed by atoms with Crippen molar-refractivity contribution in [2.24, 2.45) is 5.11 Å². The van der Waals surface area contributed by atoms with Crippen LogP contribution in [0.5, 0.6) is 0 Å². The van der Waals surface area contributed by atoms with Crippen molar-refractivity contribution in [3.8, 4) is 0 Å². The van der Waals surface area contributed by atoms with Crippen molar-refractivity contribution < 1.29 is 30.5 Å². The summed E-state index contributed by atoms with van der Waals surface area (Å²) in [6, 6.07) is 0. The molecule has 7 nitrogen and oxygen atoms in total. The Morgan fingerprint density at radius 3 is 1.96 bits per heavy atom. The molecule has 12 heteroatoms. The van der Waals surface area contributed by atoms with Crippen molar-refractivity contribution in [2.45, 2.75) is 4.90 Å². The molecule has 0 heterocycles. The highest BCUT2D eigenvalue weighted by molar-refractivity contribution is 7.89. The van der Waals surface area contributed by atoms with Crippen LogP contribution in [0.1, 0.15) is 0 Å². The minimum absolute atomic E-state index is 0.216. The number of halogens is 4. The molecular weight excluding hydrogens is 342 g/mol. The van der Waals surface area contributed by atoms with Crippen molar-refractivity contribution in [2.75, 3.05) is 34.2 Å². The first-order chi connectivity index (χ1) is 10.4. The lowest BCUT2D eigenvalue weighted by Gasteiger charge is -2.23. The van der Waals surface area contributed by atoms with Crippen molar-refractivity contribution in [3.05, 3.63) is 33.7 Å². The summed E-state index contributed by atoms with van der Waals surface area (Å²) in [5.74, 6) is -8.50. The molecule has 0 atom stereocenters. The van der Waals surface area contributed by atoms with Gasteiger partial charge in [-0.3, -0.25) is 0 Å². The lowest BCUT2D eigenvalue weighted by atomic mass is 10.2. The van der Waals surface area contributed by atoms with Gasteiger partial charge in [-0.1, -0.05) is 5.11 Å². The topological polar surface area (TPSA) is 94.9 Å². The summed E-state index contributed by atoms with van der Waals surface area (Å²) >= 11 is 0. The van der Waals surface area contributed by atoms with Gasteiger partial charge in [0.25, 0.3) is 0 Å². The molecule has 0 unspecified atom stereocenters. The largest absolute Gasteiger partial charge is 0.330 e. The highest BCUT2D eigenvalue weighted by Gasteiger charge is 2.32. The molecule has 0 aromatic heterocycles. The third kappa shape index (κ3) is 4.32. The maximum absolute atomic E-state index is 13.8. The number of nitrogens with zero attached hydrogens (tertiary/aromatic N) is 4. The van der Waals surface area contributed by atoms with Crippen LogP contribution in [0.25, 0.3) is 10.4 Å². The first-order valence-corrected chi connectivity index (χ1v) is 7.62. The molecule has 23 heavy (non-hydrogen) atoms. The maximum atomic E-state index is 13.8. The third-order valence-electron chi connectivity index (χ3n) is 2.69. The normalized spacial score (nSPS) is 12.1. The second kappa shape index (κ2) is 6.71. The summed E-state index contributed by atoms with van der Waals surface area (Å²) in [6.45, 7) is 0.0380. The number of benzene rings is 1. The van der Waals surface area contributed by atoms with Gasteiger partial charge in [0.2, 0.25) is 10.0 Å². The van der Waals surface area contributed by atoms with Gasteiger partial charge >= 0.3 is 0 Å². The van der Waals surface area contributed by atoms with E-state index in [9.17, 15) is 26.0 Å². The maximum Gasteiger partial charge on any atom is 0.246 e. The Bertz CT molecular complexity index is 741. The van der Waals surface area contributed by atoms with Crippen molar-refractivity contribution in [3.63, 3.8) is 0 Å². The van der Waals surface area contributed by atoms with E-state index in [1.54, 1.807) is 21.1 Å². The zero-order valence-electron chi connectivity index (χ0n) is 12.4. The molecule has 0 aliphatic heterocycles. The van der Waals surface area contributed by atoms with E-state index in [4.69, 9.17) is 5.53 Å². The number of nitrogens with one attached hydrogen (secondary N) is 1. The second-order valence-corrected chi connectivity index (χ2v) is 7.24. The highest BCUT2D eigenvalue weighted by Crippen LogP contribution is 2.32. The van der Waals surface area contributed by atoms with Gasteiger partial charge in [-0.05, 0) is 5.53 Å². The molecule has 0 radical (unpaired) electrons. The molecule has 0 bridgehead atoms. The highest BCUT2D eigenvalue weighted by atomic mass is 32.2. The summed E-state index contributed by atoms with van der Waals surface area (Å²) in [4.78, 5) is 0.223. The van der Waals surface area contributed by atoms with Crippen LogP contribution in [-0.2, 0) is 10.0 Å². The van der Waals surface area contributed by atoms with Crippen molar-refractivity contribution in [1.82, 2.24) is 4.72 Å². The van der Waals surface area contributed by atoms with Crippen LogP contribution in [-0.4, -0.2) is 47.1 Å². The first-order valence-electron chi connectivity index (χ1n) is 6.13. The van der Waals surface area contributed by atoms with Crippen LogP contribution in [0, 0.1) is 23.3 Å². The van der Waals surface area contributed by atoms with E-state index in [1.807, 2.05) is 9.63 Å². The smallest absolute Gasteiger partial charge is 0.246 e. The molecule has 0 aliphatic carbocycles. The van der Waals surface area contributed by atoms with E-state index in [-0.39, 0.29) is 13.1 Å². The number of likely N-dealkylation sites (N-methyl/N-ethyl adjacent to an activating group) is 1. The fourth-order valence-corrected chi connectivity index (χ4v) is 2.71. The zero-order valence-corrected chi connectivity index (χ0v) is 13.3. The Morgan fingerprint density at radius 1 is 1.09 bits per heavy atom. The molecule has 128 valence electrons. The summed E-state index contributed by atoms with van der Waals surface area (Å²) in [5.41, 5.74) is 6.54. The molecule has 1 rings (SSSR count). The second-order valence-electron chi connectivity index (χ2n) is 5.53. The molecule has 0 spiro atoms. The molecule has 1 aromatic carbocycles. The molecule has 1 aromatic rings. The average molecular weight is 356 g/mol. The molecule has 0 fully saturated rings. The van der Waals surface area contributed by atoms with E-state index in [2.05, 4.69) is 5.11 Å². The van der Waals surface area contributed by atoms with Crippen molar-refractivity contribution >= 4 is 15.7 Å². The van der Waals surface area contributed by atoms with E-state index < -0.39 is 43.9 Å². The van der Waals surface area contributed by atoms with Gasteiger partial charge in [0.05, 0.1) is 34.2 Å². The monoisotopic (exact) mass is 356 g/mol. The lowest BCUT2D eigenvalue weighted by molar-refractivity contribution is -0.869. The summed E-state index contributed by atoms with van der Waals surface area (Å²) in [7, 11) is 0.373. The van der Waals surface area contributed by atoms with Gasteiger partial charge in [-0.2, -0.15) is 0 Å². The summed E-state index contributed by atoms with van der Waals surface area (Å²) < 4.78 is 80.8. The Morgan fingerprint density at radius 2 is 1.57 bits per heavy atom. The molecule has 1 N–H and O–H groups in total. The average Bonchev–Trinajstić information content (AvgIpc) is 2.39. The standard InChI is InChI=1S/C11H14F4N5O2S/c1-20(2,3)5-4-17-23(21,22)11-8(14)6(12)10(18-19-16)7(13)9(11)15/h17H,4-5H2,1-3H3/q+1. The van der Waals surface area contributed by atoms with Crippen LogP contribution >= 0.6 is 0 Å². The predicted molar refractivity (Wildman–Crippen MR) is 73.2 cm³/mol. The van der Waals surface area contributed by atoms with Crippen LogP contribution in [0.2, 0.25) is 0 Å². The van der Waals surface area contributed by atoms with E-state index in [0.717, 1.165) is 0 Å². The van der Waals surface area contributed by atoms with E-state index in [0.29, 0.717) is 4.48 Å². The number of rotatable bonds is 6. The van der Waals surface area contributed by atoms with Gasteiger partial charge in [-0.15, -0.1) is 0 Å². The van der Waals surface area contributed by atoms with Gasteiger partial charge in [-0.25, -0.2) is 30.7 Å². The SMILES string of the molecule is C[N+](C)(C)CCNS(=O)(=O)c1c(F)c(F)c(N=[N+]=[N-])c(F)c1F. The summed E-state index contributed by atoms with van der Waals surface area (Å²) in [6.07, 6.45) is 0. The number of hydrogen-bond donors (Lipinski definition) is 1. The predicted octanol–water partition coefficient (Wildman–Crippen LogP) is 2.17. The van der Waals surface area contributed by atoms with Crippen LogP contribution in [0.15, 0.2) is 10.0 Å². The third-order valence-corrected chi connectivity index (χ3v) is 4.17. The number of azide groups is 1. The van der Waals surface area contributed by atoms with Crippen molar-refractivity contribution in [1.29, 1.82) is 0 Å². The molecule has 0 aliphatic rings. The lowest BCUT2D eigenvalue weighted by Crippen LogP contribution is -2.42. The number of sulfonamides is 1. The molecule has 0 saturated heterocycles. The number of hydrogen-bond acceptors (Lipinski definition) is 3. The number of quaternary nitrogens is 1. The molecular formula is C11H14F4N5O2S+. The Balaban J connectivity index is 3.35. The Hall–Kier alpha value is -1.88. The van der Waals surface area contributed by atoms with Crippen LogP contribution in [0.4, 0.5) is 23.2 Å². The van der Waals surface area contributed by atoms with Gasteiger partial charge in [0, 0.05) is 4.91 Å². The Labute approximate surface area is 129 Å². The van der Waals surface area contributed by atoms with E-state index >= 15 is 0 Å². The van der Waals surface area contributed by atoms with Gasteiger partial charge < -0.3 is 4.48 Å².